The molecule has 2 aliphatic rings. The maximum Gasteiger partial charge on any atom is 0.217 e. The van der Waals surface area contributed by atoms with Crippen molar-refractivity contribution >= 4 is 17.7 Å². The van der Waals surface area contributed by atoms with Gasteiger partial charge in [0, 0.05) is 6.92 Å². The summed E-state index contributed by atoms with van der Waals surface area (Å²) in [6, 6.07) is 7.64. The Morgan fingerprint density at radius 3 is 2.46 bits per heavy atom. The number of thioether (sulfide) groups is 1. The number of ether oxygens (including phenoxy) is 4. The third-order valence-corrected chi connectivity index (χ3v) is 7.07. The van der Waals surface area contributed by atoms with Crippen LogP contribution in [0.1, 0.15) is 19.4 Å². The van der Waals surface area contributed by atoms with E-state index in [9.17, 15) is 25.2 Å². The van der Waals surface area contributed by atoms with Gasteiger partial charge in [-0.05, 0) is 11.3 Å². The normalized spacial score (nSPS) is 37.7. The number of nitrogens with two attached hydrogens (primary N) is 1. The molecule has 0 radical (unpaired) electrons. The summed E-state index contributed by atoms with van der Waals surface area (Å²) >= 11 is 1.45. The number of benzene rings is 1. The fourth-order valence-electron chi connectivity index (χ4n) is 4.17. The molecule has 0 saturated carbocycles. The van der Waals surface area contributed by atoms with Gasteiger partial charge in [0.05, 0.1) is 25.9 Å². The van der Waals surface area contributed by atoms with Crippen molar-refractivity contribution in [2.24, 2.45) is 5.73 Å². The predicted octanol–water partition coefficient (Wildman–Crippen LogP) is -1.30. The highest BCUT2D eigenvalue weighted by atomic mass is 32.2. The summed E-state index contributed by atoms with van der Waals surface area (Å²) in [5.74, 6) is 0.217. The van der Waals surface area contributed by atoms with E-state index in [0.29, 0.717) is 12.4 Å². The van der Waals surface area contributed by atoms with Crippen molar-refractivity contribution in [1.82, 2.24) is 5.32 Å². The first-order valence-corrected chi connectivity index (χ1v) is 12.7. The standard InChI is InChI=1S/C23H36N2O9S/c1-3-35-23-16(24)21(19(29)15(33-23)11-31-10-13-7-5-4-6-8-13)34-22-17(25-12(2)27)20(30)18(28)14(9-26)32-22/h4-8,14-23,26,28-30H,3,9-11,24H2,1-2H3,(H,25,27)/t14-,15-,16-,17-,18-,19-,20-,21-,22+,23+/m1/s1. The molecule has 2 saturated heterocycles. The van der Waals surface area contributed by atoms with E-state index in [4.69, 9.17) is 24.7 Å². The van der Waals surface area contributed by atoms with Crippen molar-refractivity contribution < 1.29 is 44.2 Å². The summed E-state index contributed by atoms with van der Waals surface area (Å²) in [6.07, 6.45) is -8.37. The molecule has 1 aromatic rings. The zero-order valence-corrected chi connectivity index (χ0v) is 20.6. The molecule has 198 valence electrons. The summed E-state index contributed by atoms with van der Waals surface area (Å²) in [7, 11) is 0. The van der Waals surface area contributed by atoms with Crippen molar-refractivity contribution in [3.8, 4) is 0 Å². The molecule has 12 heteroatoms. The molecule has 2 aliphatic heterocycles. The Hall–Kier alpha value is -1.32. The number of carbonyl (C=O) groups is 1. The molecule has 35 heavy (non-hydrogen) atoms. The molecule has 2 heterocycles. The van der Waals surface area contributed by atoms with Gasteiger partial charge >= 0.3 is 0 Å². The van der Waals surface area contributed by atoms with Crippen LogP contribution in [0.5, 0.6) is 0 Å². The molecule has 0 unspecified atom stereocenters. The number of hydrogen-bond donors (Lipinski definition) is 6. The quantitative estimate of drug-likeness (QED) is 0.218. The molecule has 2 fully saturated rings. The largest absolute Gasteiger partial charge is 0.394 e. The Balaban J connectivity index is 1.75. The van der Waals surface area contributed by atoms with Gasteiger partial charge < -0.3 is 50.4 Å². The van der Waals surface area contributed by atoms with Crippen molar-refractivity contribution in [2.45, 2.75) is 80.9 Å². The average Bonchev–Trinajstić information content (AvgIpc) is 2.84. The van der Waals surface area contributed by atoms with Crippen molar-refractivity contribution in [3.05, 3.63) is 35.9 Å². The van der Waals surface area contributed by atoms with Crippen LogP contribution in [0, 0.1) is 0 Å². The van der Waals surface area contributed by atoms with E-state index >= 15 is 0 Å². The lowest BCUT2D eigenvalue weighted by atomic mass is 9.95. The first kappa shape index (κ1) is 28.3. The number of aliphatic hydroxyl groups excluding tert-OH is 4. The number of nitrogens with one attached hydrogen (secondary N) is 1. The summed E-state index contributed by atoms with van der Waals surface area (Å²) in [6.45, 7) is 3.01. The van der Waals surface area contributed by atoms with E-state index in [0.717, 1.165) is 5.56 Å². The summed E-state index contributed by atoms with van der Waals surface area (Å²) in [4.78, 5) is 11.7. The van der Waals surface area contributed by atoms with Gasteiger partial charge in [0.1, 0.15) is 48.1 Å². The van der Waals surface area contributed by atoms with Crippen LogP contribution in [0.4, 0.5) is 0 Å². The predicted molar refractivity (Wildman–Crippen MR) is 127 cm³/mol. The SMILES string of the molecule is CCS[C@@H]1O[C@H](COCc2ccccc2)[C@@H](O)[C@H](O[C@@H]2O[C@H](CO)[C@@H](O)[C@H](O)[C@H]2NC(C)=O)[C@H]1N. The topological polar surface area (TPSA) is 173 Å². The van der Waals surface area contributed by atoms with Gasteiger partial charge in [0.2, 0.25) is 5.91 Å². The molecule has 1 amide bonds. The second kappa shape index (κ2) is 13.3. The maximum atomic E-state index is 11.7. The van der Waals surface area contributed by atoms with Crippen LogP contribution < -0.4 is 11.1 Å². The Bertz CT molecular complexity index is 792. The van der Waals surface area contributed by atoms with Crippen LogP contribution in [0.2, 0.25) is 0 Å². The lowest BCUT2D eigenvalue weighted by Crippen LogP contribution is -2.68. The molecule has 0 bridgehead atoms. The van der Waals surface area contributed by atoms with E-state index in [1.807, 2.05) is 37.3 Å². The van der Waals surface area contributed by atoms with Gasteiger partial charge in [-0.25, -0.2) is 0 Å². The molecule has 11 nitrogen and oxygen atoms in total. The minimum absolute atomic E-state index is 0.0741. The Morgan fingerprint density at radius 2 is 1.83 bits per heavy atom. The van der Waals surface area contributed by atoms with E-state index in [-0.39, 0.29) is 6.61 Å². The van der Waals surface area contributed by atoms with Crippen LogP contribution in [0.15, 0.2) is 30.3 Å². The third-order valence-electron chi connectivity index (χ3n) is 5.99. The summed E-state index contributed by atoms with van der Waals surface area (Å²) in [5.41, 5.74) is 6.85. The highest BCUT2D eigenvalue weighted by Crippen LogP contribution is 2.32. The summed E-state index contributed by atoms with van der Waals surface area (Å²) in [5, 5.41) is 44.0. The van der Waals surface area contributed by atoms with Crippen LogP contribution in [-0.2, 0) is 30.3 Å². The fourth-order valence-corrected chi connectivity index (χ4v) is 5.10. The fraction of sp³-hybridized carbons (Fsp3) is 0.696. The Kier molecular flexibility index (Phi) is 10.7. The molecule has 3 rings (SSSR count). The molecular weight excluding hydrogens is 480 g/mol. The number of carbonyl (C=O) groups excluding carboxylic acids is 1. The Labute approximate surface area is 208 Å². The van der Waals surface area contributed by atoms with Crippen molar-refractivity contribution in [3.63, 3.8) is 0 Å². The molecule has 0 aromatic heterocycles. The van der Waals surface area contributed by atoms with Crippen molar-refractivity contribution in [2.75, 3.05) is 19.0 Å². The van der Waals surface area contributed by atoms with E-state index in [1.54, 1.807) is 0 Å². The Morgan fingerprint density at radius 1 is 1.11 bits per heavy atom. The van der Waals surface area contributed by atoms with Gasteiger partial charge in [0.25, 0.3) is 0 Å². The number of hydrogen-bond acceptors (Lipinski definition) is 11. The number of amides is 1. The van der Waals surface area contributed by atoms with Gasteiger partial charge in [-0.1, -0.05) is 37.3 Å². The van der Waals surface area contributed by atoms with E-state index in [1.165, 1.54) is 18.7 Å². The molecule has 10 atom stereocenters. The van der Waals surface area contributed by atoms with Gasteiger partial charge in [-0.2, -0.15) is 0 Å². The van der Waals surface area contributed by atoms with Crippen LogP contribution in [0.3, 0.4) is 0 Å². The second-order valence-corrected chi connectivity index (χ2v) is 9.98. The molecular formula is C23H36N2O9S. The van der Waals surface area contributed by atoms with Gasteiger partial charge in [0.15, 0.2) is 6.29 Å². The van der Waals surface area contributed by atoms with Crippen LogP contribution in [-0.4, -0.2) is 106 Å². The molecule has 0 spiro atoms. The van der Waals surface area contributed by atoms with Gasteiger partial charge in [-0.3, -0.25) is 4.79 Å². The smallest absolute Gasteiger partial charge is 0.217 e. The number of aliphatic hydroxyl groups is 4. The lowest BCUT2D eigenvalue weighted by Gasteiger charge is -2.47. The van der Waals surface area contributed by atoms with Crippen LogP contribution >= 0.6 is 11.8 Å². The molecule has 7 N–H and O–H groups in total. The lowest BCUT2D eigenvalue weighted by molar-refractivity contribution is -0.305. The minimum Gasteiger partial charge on any atom is -0.394 e. The monoisotopic (exact) mass is 516 g/mol. The van der Waals surface area contributed by atoms with Crippen molar-refractivity contribution in [1.29, 1.82) is 0 Å². The minimum atomic E-state index is -1.48. The second-order valence-electron chi connectivity index (χ2n) is 8.60. The summed E-state index contributed by atoms with van der Waals surface area (Å²) < 4.78 is 23.5. The average molecular weight is 517 g/mol. The maximum absolute atomic E-state index is 11.7. The van der Waals surface area contributed by atoms with E-state index < -0.39 is 72.9 Å². The number of rotatable bonds is 10. The first-order valence-electron chi connectivity index (χ1n) is 11.6. The molecule has 0 aliphatic carbocycles. The van der Waals surface area contributed by atoms with E-state index in [2.05, 4.69) is 5.32 Å². The third kappa shape index (κ3) is 7.13. The molecule has 1 aromatic carbocycles. The zero-order chi connectivity index (χ0) is 25.5. The highest BCUT2D eigenvalue weighted by Gasteiger charge is 2.50. The van der Waals surface area contributed by atoms with Crippen LogP contribution in [0.25, 0.3) is 0 Å². The highest BCUT2D eigenvalue weighted by molar-refractivity contribution is 7.99. The van der Waals surface area contributed by atoms with Gasteiger partial charge in [-0.15, -0.1) is 11.8 Å². The zero-order valence-electron chi connectivity index (χ0n) is 19.8. The first-order chi connectivity index (χ1) is 16.8.